The molecule has 1 aliphatic rings. The Morgan fingerprint density at radius 3 is 2.76 bits per heavy atom. The van der Waals surface area contributed by atoms with E-state index in [1.54, 1.807) is 26.8 Å². The van der Waals surface area contributed by atoms with Crippen LogP contribution in [0.1, 0.15) is 32.8 Å². The molecule has 4 N–H and O–H groups in total. The molecule has 136 valence electrons. The van der Waals surface area contributed by atoms with Crippen molar-refractivity contribution < 1.29 is 14.6 Å². The van der Waals surface area contributed by atoms with E-state index in [0.29, 0.717) is 30.8 Å². The number of nitrogens with two attached hydrogens (primary N) is 1. The SMILES string of the molecule is CC(C)(C)OC(=O)Nc1cc(C#N)cc(N2CC[C@@H](N)[C@H](O)C2)c1Cl. The summed E-state index contributed by atoms with van der Waals surface area (Å²) in [6.07, 6.45) is -0.739. The van der Waals surface area contributed by atoms with Gasteiger partial charge in [0.05, 0.1) is 34.1 Å². The maximum absolute atomic E-state index is 12.0. The summed E-state index contributed by atoms with van der Waals surface area (Å²) in [4.78, 5) is 13.9. The summed E-state index contributed by atoms with van der Waals surface area (Å²) in [5.41, 5.74) is 6.37. The van der Waals surface area contributed by atoms with Gasteiger partial charge in [-0.3, -0.25) is 5.32 Å². The highest BCUT2D eigenvalue weighted by Crippen LogP contribution is 2.36. The molecule has 0 radical (unpaired) electrons. The number of hydrogen-bond donors (Lipinski definition) is 3. The lowest BCUT2D eigenvalue weighted by atomic mass is 10.0. The van der Waals surface area contributed by atoms with E-state index >= 15 is 0 Å². The van der Waals surface area contributed by atoms with Crippen LogP contribution in [0.4, 0.5) is 16.2 Å². The first-order valence-electron chi connectivity index (χ1n) is 8.03. The van der Waals surface area contributed by atoms with Crippen LogP contribution in [0, 0.1) is 11.3 Å². The van der Waals surface area contributed by atoms with Crippen LogP contribution in [-0.4, -0.2) is 42.0 Å². The van der Waals surface area contributed by atoms with Crippen molar-refractivity contribution in [2.75, 3.05) is 23.3 Å². The highest BCUT2D eigenvalue weighted by molar-refractivity contribution is 6.36. The molecule has 7 nitrogen and oxygen atoms in total. The van der Waals surface area contributed by atoms with Gasteiger partial charge in [-0.05, 0) is 39.3 Å². The number of rotatable bonds is 2. The molecule has 1 aliphatic heterocycles. The van der Waals surface area contributed by atoms with Crippen LogP contribution in [0.5, 0.6) is 0 Å². The lowest BCUT2D eigenvalue weighted by Gasteiger charge is -2.36. The number of ether oxygens (including phenoxy) is 1. The van der Waals surface area contributed by atoms with E-state index < -0.39 is 17.8 Å². The van der Waals surface area contributed by atoms with E-state index in [2.05, 4.69) is 11.4 Å². The van der Waals surface area contributed by atoms with E-state index in [1.165, 1.54) is 6.07 Å². The van der Waals surface area contributed by atoms with Crippen molar-refractivity contribution in [2.45, 2.75) is 44.9 Å². The number of piperidine rings is 1. The first kappa shape index (κ1) is 19.3. The van der Waals surface area contributed by atoms with Crippen LogP contribution in [0.2, 0.25) is 5.02 Å². The van der Waals surface area contributed by atoms with Crippen LogP contribution in [0.25, 0.3) is 0 Å². The number of halogens is 1. The molecule has 0 aliphatic carbocycles. The lowest BCUT2D eigenvalue weighted by Crippen LogP contribution is -2.50. The van der Waals surface area contributed by atoms with Crippen molar-refractivity contribution in [1.82, 2.24) is 0 Å². The third-order valence-electron chi connectivity index (χ3n) is 3.79. The summed E-state index contributed by atoms with van der Waals surface area (Å²) in [6.45, 7) is 6.16. The van der Waals surface area contributed by atoms with Gasteiger partial charge in [-0.1, -0.05) is 11.6 Å². The van der Waals surface area contributed by atoms with Crippen LogP contribution >= 0.6 is 11.6 Å². The predicted molar refractivity (Wildman–Crippen MR) is 96.8 cm³/mol. The largest absolute Gasteiger partial charge is 0.444 e. The third-order valence-corrected chi connectivity index (χ3v) is 4.19. The number of benzene rings is 1. The van der Waals surface area contributed by atoms with Gasteiger partial charge in [-0.2, -0.15) is 5.26 Å². The Bertz CT molecular complexity index is 696. The Labute approximate surface area is 152 Å². The average Bonchev–Trinajstić information content (AvgIpc) is 2.50. The molecule has 0 aromatic heterocycles. The Morgan fingerprint density at radius 2 is 2.20 bits per heavy atom. The molecule has 1 heterocycles. The van der Waals surface area contributed by atoms with E-state index in [0.717, 1.165) is 0 Å². The van der Waals surface area contributed by atoms with Gasteiger partial charge in [0.25, 0.3) is 0 Å². The smallest absolute Gasteiger partial charge is 0.412 e. The molecule has 2 rings (SSSR count). The number of aliphatic hydroxyl groups is 1. The van der Waals surface area contributed by atoms with Gasteiger partial charge in [0, 0.05) is 19.1 Å². The normalized spacial score (nSPS) is 20.8. The first-order valence-corrected chi connectivity index (χ1v) is 8.41. The van der Waals surface area contributed by atoms with Crippen molar-refractivity contribution in [1.29, 1.82) is 5.26 Å². The number of nitriles is 1. The van der Waals surface area contributed by atoms with Gasteiger partial charge < -0.3 is 20.5 Å². The lowest BCUT2D eigenvalue weighted by molar-refractivity contribution is 0.0636. The number of nitrogens with one attached hydrogen (secondary N) is 1. The maximum Gasteiger partial charge on any atom is 0.412 e. The third kappa shape index (κ3) is 4.98. The number of hydrogen-bond acceptors (Lipinski definition) is 6. The molecule has 1 saturated heterocycles. The summed E-state index contributed by atoms with van der Waals surface area (Å²) in [6, 6.07) is 4.89. The second-order valence-corrected chi connectivity index (χ2v) is 7.44. The van der Waals surface area contributed by atoms with E-state index in [4.69, 9.17) is 22.1 Å². The molecule has 1 fully saturated rings. The number of carbonyl (C=O) groups excluding carboxylic acids is 1. The minimum atomic E-state index is -0.683. The molecule has 0 spiro atoms. The Balaban J connectivity index is 2.30. The van der Waals surface area contributed by atoms with Crippen LogP contribution < -0.4 is 16.0 Å². The zero-order valence-corrected chi connectivity index (χ0v) is 15.3. The number of nitrogens with zero attached hydrogens (tertiary/aromatic N) is 2. The Hall–Kier alpha value is -2.01. The fraction of sp³-hybridized carbons (Fsp3) is 0.529. The number of carbonyl (C=O) groups is 1. The van der Waals surface area contributed by atoms with Gasteiger partial charge in [-0.15, -0.1) is 0 Å². The molecular formula is C17H23ClN4O3. The highest BCUT2D eigenvalue weighted by atomic mass is 35.5. The minimum absolute atomic E-state index is 0.284. The van der Waals surface area contributed by atoms with Gasteiger partial charge in [0.1, 0.15) is 5.60 Å². The summed E-state index contributed by atoms with van der Waals surface area (Å²) < 4.78 is 5.22. The molecule has 0 saturated carbocycles. The molecule has 25 heavy (non-hydrogen) atoms. The molecule has 1 amide bonds. The Morgan fingerprint density at radius 1 is 1.52 bits per heavy atom. The van der Waals surface area contributed by atoms with E-state index in [1.807, 2.05) is 4.90 Å². The molecule has 1 aromatic rings. The second-order valence-electron chi connectivity index (χ2n) is 7.06. The topological polar surface area (TPSA) is 112 Å². The quantitative estimate of drug-likeness (QED) is 0.741. The monoisotopic (exact) mass is 366 g/mol. The van der Waals surface area contributed by atoms with Gasteiger partial charge >= 0.3 is 6.09 Å². The van der Waals surface area contributed by atoms with Crippen molar-refractivity contribution in [3.63, 3.8) is 0 Å². The number of aliphatic hydroxyl groups excluding tert-OH is 1. The second kappa shape index (κ2) is 7.48. The average molecular weight is 367 g/mol. The summed E-state index contributed by atoms with van der Waals surface area (Å²) in [5.74, 6) is 0. The minimum Gasteiger partial charge on any atom is -0.444 e. The van der Waals surface area contributed by atoms with Crippen molar-refractivity contribution in [3.05, 3.63) is 22.7 Å². The summed E-state index contributed by atoms with van der Waals surface area (Å²) >= 11 is 6.44. The predicted octanol–water partition coefficient (Wildman–Crippen LogP) is 2.46. The maximum atomic E-state index is 12.0. The summed E-state index contributed by atoms with van der Waals surface area (Å²) in [7, 11) is 0. The van der Waals surface area contributed by atoms with Crippen molar-refractivity contribution in [2.24, 2.45) is 5.73 Å². The summed E-state index contributed by atoms with van der Waals surface area (Å²) in [5, 5.41) is 22.1. The number of β-amino-alcohol motifs (C(OH)–C–C–N with tert-alkyl or cyclic N) is 1. The Kier molecular flexibility index (Phi) is 5.78. The molecule has 0 unspecified atom stereocenters. The van der Waals surface area contributed by atoms with Crippen LogP contribution in [-0.2, 0) is 4.74 Å². The number of amides is 1. The van der Waals surface area contributed by atoms with Crippen LogP contribution in [0.3, 0.4) is 0 Å². The molecule has 2 atom stereocenters. The van der Waals surface area contributed by atoms with Gasteiger partial charge in [0.15, 0.2) is 0 Å². The van der Waals surface area contributed by atoms with Gasteiger partial charge in [-0.25, -0.2) is 4.79 Å². The van der Waals surface area contributed by atoms with E-state index in [-0.39, 0.29) is 16.8 Å². The standard InChI is InChI=1S/C17H23ClN4O3/c1-17(2,3)25-16(24)21-12-6-10(8-19)7-13(15(12)18)22-5-4-11(20)14(23)9-22/h6-7,11,14,23H,4-5,9,20H2,1-3H3,(H,21,24)/t11-,14-/m1/s1. The zero-order valence-electron chi connectivity index (χ0n) is 14.5. The highest BCUT2D eigenvalue weighted by Gasteiger charge is 2.27. The van der Waals surface area contributed by atoms with Gasteiger partial charge in [0.2, 0.25) is 0 Å². The zero-order chi connectivity index (χ0) is 18.8. The fourth-order valence-corrected chi connectivity index (χ4v) is 2.85. The molecule has 1 aromatic carbocycles. The molecular weight excluding hydrogens is 344 g/mol. The fourth-order valence-electron chi connectivity index (χ4n) is 2.58. The first-order chi connectivity index (χ1) is 11.6. The van der Waals surface area contributed by atoms with E-state index in [9.17, 15) is 15.2 Å². The van der Waals surface area contributed by atoms with Crippen molar-refractivity contribution >= 4 is 29.1 Å². The van der Waals surface area contributed by atoms with Crippen molar-refractivity contribution in [3.8, 4) is 6.07 Å². The molecule has 8 heteroatoms. The van der Waals surface area contributed by atoms with Crippen LogP contribution in [0.15, 0.2) is 12.1 Å². The molecule has 0 bridgehead atoms. The number of anilines is 2.